The molecule has 0 fully saturated rings. The first-order valence-corrected chi connectivity index (χ1v) is 8.99. The van der Waals surface area contributed by atoms with Crippen LogP contribution in [0.1, 0.15) is 22.8 Å². The fourth-order valence-corrected chi connectivity index (χ4v) is 3.13. The number of aliphatic imine (C=N–C) groups is 1. The van der Waals surface area contributed by atoms with Gasteiger partial charge < -0.3 is 15.2 Å². The summed E-state index contributed by atoms with van der Waals surface area (Å²) in [5.74, 6) is 1.71. The van der Waals surface area contributed by atoms with E-state index >= 15 is 0 Å². The van der Waals surface area contributed by atoms with Gasteiger partial charge in [-0.3, -0.25) is 9.67 Å². The topological polar surface area (TPSA) is 74.1 Å². The summed E-state index contributed by atoms with van der Waals surface area (Å²) in [6, 6.07) is 10.2. The van der Waals surface area contributed by atoms with E-state index in [0.29, 0.717) is 13.1 Å². The van der Waals surface area contributed by atoms with Gasteiger partial charge in [0, 0.05) is 38.9 Å². The number of H-pyrrole nitrogens is 1. The number of guanidine groups is 1. The Bertz CT molecular complexity index is 921. The molecule has 0 atom stereocenters. The molecule has 3 rings (SSSR count). The molecule has 0 saturated heterocycles. The first-order chi connectivity index (χ1) is 13.0. The molecule has 2 N–H and O–H groups in total. The highest BCUT2D eigenvalue weighted by molar-refractivity contribution is 5.79. The van der Waals surface area contributed by atoms with Gasteiger partial charge in [0.05, 0.1) is 24.1 Å². The highest BCUT2D eigenvalue weighted by Crippen LogP contribution is 2.16. The van der Waals surface area contributed by atoms with Gasteiger partial charge >= 0.3 is 0 Å². The van der Waals surface area contributed by atoms with E-state index in [4.69, 9.17) is 0 Å². The third kappa shape index (κ3) is 4.19. The zero-order valence-corrected chi connectivity index (χ0v) is 16.6. The van der Waals surface area contributed by atoms with Gasteiger partial charge in [0.15, 0.2) is 5.96 Å². The van der Waals surface area contributed by atoms with Crippen molar-refractivity contribution in [3.05, 3.63) is 59.3 Å². The zero-order valence-electron chi connectivity index (χ0n) is 16.6. The van der Waals surface area contributed by atoms with Crippen LogP contribution in [0.5, 0.6) is 0 Å². The molecule has 2 aromatic heterocycles. The van der Waals surface area contributed by atoms with Crippen molar-refractivity contribution in [3.8, 4) is 11.3 Å². The highest BCUT2D eigenvalue weighted by atomic mass is 15.3. The van der Waals surface area contributed by atoms with E-state index in [1.165, 1.54) is 5.56 Å². The van der Waals surface area contributed by atoms with Gasteiger partial charge in [0.1, 0.15) is 5.82 Å². The second kappa shape index (κ2) is 8.07. The normalized spacial score (nSPS) is 11.7. The minimum Gasteiger partial charge on any atom is -0.352 e. The molecule has 0 spiro atoms. The maximum atomic E-state index is 4.51. The lowest BCUT2D eigenvalue weighted by molar-refractivity contribution is 0.463. The van der Waals surface area contributed by atoms with Crippen LogP contribution in [0.3, 0.4) is 0 Å². The van der Waals surface area contributed by atoms with Gasteiger partial charge in [0.2, 0.25) is 0 Å². The fraction of sp³-hybridized carbons (Fsp3) is 0.350. The quantitative estimate of drug-likeness (QED) is 0.538. The van der Waals surface area contributed by atoms with E-state index in [0.717, 1.165) is 34.4 Å². The molecular formula is C20H27N7. The molecular weight excluding hydrogens is 338 g/mol. The van der Waals surface area contributed by atoms with Crippen LogP contribution in [-0.4, -0.2) is 44.7 Å². The Labute approximate surface area is 160 Å². The number of aromatic amines is 1. The van der Waals surface area contributed by atoms with Crippen molar-refractivity contribution in [3.63, 3.8) is 0 Å². The number of hydrogen-bond donors (Lipinski definition) is 2. The third-order valence-electron chi connectivity index (χ3n) is 4.76. The van der Waals surface area contributed by atoms with Crippen LogP contribution in [0, 0.1) is 13.8 Å². The molecule has 3 aromatic rings. The Morgan fingerprint density at radius 3 is 2.63 bits per heavy atom. The molecule has 7 nitrogen and oxygen atoms in total. The van der Waals surface area contributed by atoms with Crippen LogP contribution in [0.4, 0.5) is 0 Å². The number of aromatic nitrogens is 4. The number of nitrogens with zero attached hydrogens (tertiary/aromatic N) is 5. The molecule has 2 heterocycles. The van der Waals surface area contributed by atoms with Crippen molar-refractivity contribution in [2.24, 2.45) is 12.0 Å². The predicted molar refractivity (Wildman–Crippen MR) is 108 cm³/mol. The fourth-order valence-electron chi connectivity index (χ4n) is 3.13. The van der Waals surface area contributed by atoms with Crippen molar-refractivity contribution in [1.82, 2.24) is 30.0 Å². The Hall–Kier alpha value is -3.09. The second-order valence-corrected chi connectivity index (χ2v) is 6.64. The average Bonchev–Trinajstić information content (AvgIpc) is 3.22. The van der Waals surface area contributed by atoms with Crippen LogP contribution in [0.2, 0.25) is 0 Å². The summed E-state index contributed by atoms with van der Waals surface area (Å²) in [7, 11) is 5.76. The highest BCUT2D eigenvalue weighted by Gasteiger charge is 2.13. The maximum Gasteiger partial charge on any atom is 0.194 e. The Morgan fingerprint density at radius 2 is 2.00 bits per heavy atom. The number of benzene rings is 1. The lowest BCUT2D eigenvalue weighted by Gasteiger charge is -2.21. The van der Waals surface area contributed by atoms with Crippen LogP contribution in [-0.2, 0) is 20.1 Å². The predicted octanol–water partition coefficient (Wildman–Crippen LogP) is 2.63. The SMILES string of the molecule is CN=C(NCc1c(C)nn(C)c1C)N(C)Cc1ncc(-c2ccccc2)[nH]1. The zero-order chi connectivity index (χ0) is 19.4. The smallest absolute Gasteiger partial charge is 0.194 e. The van der Waals surface area contributed by atoms with Crippen LogP contribution in [0.25, 0.3) is 11.3 Å². The first kappa shape index (κ1) is 18.7. The molecule has 27 heavy (non-hydrogen) atoms. The van der Waals surface area contributed by atoms with Crippen LogP contribution < -0.4 is 5.32 Å². The Kier molecular flexibility index (Phi) is 5.59. The molecule has 0 amide bonds. The monoisotopic (exact) mass is 365 g/mol. The molecule has 0 radical (unpaired) electrons. The summed E-state index contributed by atoms with van der Waals surface area (Å²) in [6.45, 7) is 5.44. The summed E-state index contributed by atoms with van der Waals surface area (Å²) in [6.07, 6.45) is 1.87. The second-order valence-electron chi connectivity index (χ2n) is 6.64. The molecule has 0 aliphatic carbocycles. The summed E-state index contributed by atoms with van der Waals surface area (Å²) in [5.41, 5.74) is 5.56. The number of hydrogen-bond acceptors (Lipinski definition) is 3. The van der Waals surface area contributed by atoms with Crippen LogP contribution >= 0.6 is 0 Å². The number of nitrogens with one attached hydrogen (secondary N) is 2. The molecule has 0 saturated carbocycles. The van der Waals surface area contributed by atoms with Crippen molar-refractivity contribution >= 4 is 5.96 Å². The molecule has 7 heteroatoms. The number of aryl methyl sites for hydroxylation is 2. The minimum atomic E-state index is 0.636. The lowest BCUT2D eigenvalue weighted by Crippen LogP contribution is -2.38. The van der Waals surface area contributed by atoms with E-state index in [1.807, 2.05) is 50.1 Å². The van der Waals surface area contributed by atoms with Crippen molar-refractivity contribution in [2.45, 2.75) is 26.9 Å². The number of rotatable bonds is 5. The van der Waals surface area contributed by atoms with E-state index in [2.05, 4.69) is 49.3 Å². The summed E-state index contributed by atoms with van der Waals surface area (Å²) in [5, 5.41) is 7.89. The lowest BCUT2D eigenvalue weighted by atomic mass is 10.2. The van der Waals surface area contributed by atoms with Gasteiger partial charge in [-0.2, -0.15) is 5.10 Å². The van der Waals surface area contributed by atoms with Gasteiger partial charge in [-0.15, -0.1) is 0 Å². The van der Waals surface area contributed by atoms with Gasteiger partial charge in [-0.05, 0) is 19.4 Å². The Balaban J connectivity index is 1.64. The molecule has 142 valence electrons. The number of imidazole rings is 1. The molecule has 1 aromatic carbocycles. The average molecular weight is 365 g/mol. The Morgan fingerprint density at radius 1 is 1.26 bits per heavy atom. The van der Waals surface area contributed by atoms with Crippen LogP contribution in [0.15, 0.2) is 41.5 Å². The standard InChI is InChI=1S/C20H27N7/c1-14-17(15(2)27(5)25-14)11-23-20(21-3)26(4)13-19-22-12-18(24-19)16-9-7-6-8-10-16/h6-10,12H,11,13H2,1-5H3,(H,21,23)(H,22,24). The van der Waals surface area contributed by atoms with Gasteiger partial charge in [0.25, 0.3) is 0 Å². The van der Waals surface area contributed by atoms with Gasteiger partial charge in [-0.1, -0.05) is 30.3 Å². The van der Waals surface area contributed by atoms with E-state index in [-0.39, 0.29) is 0 Å². The summed E-state index contributed by atoms with van der Waals surface area (Å²) >= 11 is 0. The summed E-state index contributed by atoms with van der Waals surface area (Å²) in [4.78, 5) is 14.3. The summed E-state index contributed by atoms with van der Waals surface area (Å²) < 4.78 is 1.91. The molecule has 0 unspecified atom stereocenters. The molecule has 0 aliphatic heterocycles. The van der Waals surface area contributed by atoms with E-state index in [9.17, 15) is 0 Å². The molecule has 0 bridgehead atoms. The van der Waals surface area contributed by atoms with E-state index < -0.39 is 0 Å². The van der Waals surface area contributed by atoms with E-state index in [1.54, 1.807) is 7.05 Å². The van der Waals surface area contributed by atoms with Gasteiger partial charge in [-0.25, -0.2) is 4.98 Å². The molecule has 0 aliphatic rings. The largest absolute Gasteiger partial charge is 0.352 e. The third-order valence-corrected chi connectivity index (χ3v) is 4.76. The maximum absolute atomic E-state index is 4.51. The van der Waals surface area contributed by atoms with Crippen molar-refractivity contribution < 1.29 is 0 Å². The minimum absolute atomic E-state index is 0.636. The van der Waals surface area contributed by atoms with Crippen molar-refractivity contribution in [2.75, 3.05) is 14.1 Å². The first-order valence-electron chi connectivity index (χ1n) is 8.99. The van der Waals surface area contributed by atoms with Crippen molar-refractivity contribution in [1.29, 1.82) is 0 Å².